The van der Waals surface area contributed by atoms with Crippen molar-refractivity contribution in [2.24, 2.45) is 0 Å². The van der Waals surface area contributed by atoms with Crippen LogP contribution >= 0.6 is 0 Å². The summed E-state index contributed by atoms with van der Waals surface area (Å²) >= 11 is 0. The van der Waals surface area contributed by atoms with Crippen molar-refractivity contribution in [2.45, 2.75) is 0 Å². The summed E-state index contributed by atoms with van der Waals surface area (Å²) in [7, 11) is 0. The summed E-state index contributed by atoms with van der Waals surface area (Å²) in [6.07, 6.45) is 3.37. The number of rotatable bonds is 2. The first kappa shape index (κ1) is 9.85. The van der Waals surface area contributed by atoms with E-state index in [9.17, 15) is 0 Å². The zero-order valence-electron chi connectivity index (χ0n) is 9.21. The molecule has 3 rings (SSSR count). The molecule has 0 atom stereocenters. The minimum absolute atomic E-state index is 1.00. The molecule has 0 aliphatic rings. The van der Waals surface area contributed by atoms with Crippen LogP contribution in [0.1, 0.15) is 0 Å². The minimum atomic E-state index is 1.00. The third-order valence-electron chi connectivity index (χ3n) is 2.76. The molecular formula is C15H11NO. The first-order valence-electron chi connectivity index (χ1n) is 5.49. The fourth-order valence-corrected chi connectivity index (χ4v) is 1.83. The third-order valence-corrected chi connectivity index (χ3v) is 2.76. The van der Waals surface area contributed by atoms with Gasteiger partial charge >= 0.3 is 0 Å². The SMILES string of the molecule is c1ccc(-c2ccc(-c3cnoc3)cc2)cc1. The van der Waals surface area contributed by atoms with Crippen molar-refractivity contribution < 1.29 is 4.52 Å². The van der Waals surface area contributed by atoms with Gasteiger partial charge in [0, 0.05) is 5.56 Å². The first-order chi connectivity index (χ1) is 8.43. The van der Waals surface area contributed by atoms with Gasteiger partial charge in [0.1, 0.15) is 6.26 Å². The smallest absolute Gasteiger partial charge is 0.131 e. The Morgan fingerprint density at radius 3 is 1.82 bits per heavy atom. The highest BCUT2D eigenvalue weighted by atomic mass is 16.5. The average Bonchev–Trinajstić information content (AvgIpc) is 2.94. The predicted octanol–water partition coefficient (Wildman–Crippen LogP) is 4.01. The maximum absolute atomic E-state index is 4.83. The van der Waals surface area contributed by atoms with Crippen molar-refractivity contribution >= 4 is 0 Å². The number of benzene rings is 2. The summed E-state index contributed by atoms with van der Waals surface area (Å²) in [6.45, 7) is 0. The molecule has 2 heteroatoms. The van der Waals surface area contributed by atoms with Crippen molar-refractivity contribution in [1.82, 2.24) is 5.16 Å². The summed E-state index contributed by atoms with van der Waals surface area (Å²) in [4.78, 5) is 0. The van der Waals surface area contributed by atoms with Crippen LogP contribution in [0.4, 0.5) is 0 Å². The van der Waals surface area contributed by atoms with Gasteiger partial charge in [-0.3, -0.25) is 0 Å². The Bertz CT molecular complexity index is 583. The molecule has 3 aromatic rings. The molecule has 0 saturated heterocycles. The Labute approximate surface area is 99.5 Å². The van der Waals surface area contributed by atoms with Crippen LogP contribution in [0.5, 0.6) is 0 Å². The van der Waals surface area contributed by atoms with Gasteiger partial charge in [0.2, 0.25) is 0 Å². The summed E-state index contributed by atoms with van der Waals surface area (Å²) in [5.74, 6) is 0. The molecule has 0 aliphatic heterocycles. The van der Waals surface area contributed by atoms with Crippen molar-refractivity contribution in [3.8, 4) is 22.3 Å². The van der Waals surface area contributed by atoms with Crippen LogP contribution < -0.4 is 0 Å². The lowest BCUT2D eigenvalue weighted by atomic mass is 10.0. The Morgan fingerprint density at radius 1 is 0.647 bits per heavy atom. The van der Waals surface area contributed by atoms with E-state index in [2.05, 4.69) is 41.6 Å². The van der Waals surface area contributed by atoms with Crippen molar-refractivity contribution in [3.63, 3.8) is 0 Å². The molecular weight excluding hydrogens is 210 g/mol. The zero-order chi connectivity index (χ0) is 11.5. The van der Waals surface area contributed by atoms with E-state index >= 15 is 0 Å². The minimum Gasteiger partial charge on any atom is -0.364 e. The van der Waals surface area contributed by atoms with Gasteiger partial charge < -0.3 is 4.52 Å². The average molecular weight is 221 g/mol. The van der Waals surface area contributed by atoms with Crippen molar-refractivity contribution in [2.75, 3.05) is 0 Å². The zero-order valence-corrected chi connectivity index (χ0v) is 9.21. The second-order valence-corrected chi connectivity index (χ2v) is 3.86. The summed E-state index contributed by atoms with van der Waals surface area (Å²) in [6, 6.07) is 18.7. The normalized spacial score (nSPS) is 10.4. The van der Waals surface area contributed by atoms with Crippen molar-refractivity contribution in [1.29, 1.82) is 0 Å². The summed E-state index contributed by atoms with van der Waals surface area (Å²) < 4.78 is 4.83. The number of nitrogens with zero attached hydrogens (tertiary/aromatic N) is 1. The van der Waals surface area contributed by atoms with Gasteiger partial charge in [-0.25, -0.2) is 0 Å². The van der Waals surface area contributed by atoms with Gasteiger partial charge in [-0.1, -0.05) is 59.8 Å². The Hall–Kier alpha value is -2.35. The Balaban J connectivity index is 1.96. The number of aromatic nitrogens is 1. The van der Waals surface area contributed by atoms with Gasteiger partial charge in [0.15, 0.2) is 0 Å². The van der Waals surface area contributed by atoms with Gasteiger partial charge in [0.05, 0.1) is 6.20 Å². The lowest BCUT2D eigenvalue weighted by molar-refractivity contribution is 0.420. The van der Waals surface area contributed by atoms with Crippen LogP contribution in [-0.2, 0) is 0 Å². The first-order valence-corrected chi connectivity index (χ1v) is 5.49. The lowest BCUT2D eigenvalue weighted by Crippen LogP contribution is -1.78. The molecule has 82 valence electrons. The van der Waals surface area contributed by atoms with E-state index in [0.29, 0.717) is 0 Å². The maximum atomic E-state index is 4.83. The van der Waals surface area contributed by atoms with E-state index < -0.39 is 0 Å². The second kappa shape index (κ2) is 4.26. The number of hydrogen-bond acceptors (Lipinski definition) is 2. The molecule has 2 aromatic carbocycles. The van der Waals surface area contributed by atoms with E-state index in [-0.39, 0.29) is 0 Å². The van der Waals surface area contributed by atoms with Crippen LogP contribution in [-0.4, -0.2) is 5.16 Å². The number of hydrogen-bond donors (Lipinski definition) is 0. The molecule has 0 N–H and O–H groups in total. The molecule has 0 fully saturated rings. The van der Waals surface area contributed by atoms with Crippen molar-refractivity contribution in [3.05, 3.63) is 67.1 Å². The molecule has 0 spiro atoms. The van der Waals surface area contributed by atoms with E-state index in [1.54, 1.807) is 12.5 Å². The van der Waals surface area contributed by atoms with E-state index in [1.807, 2.05) is 18.2 Å². The monoisotopic (exact) mass is 221 g/mol. The highest BCUT2D eigenvalue weighted by Gasteiger charge is 2.01. The van der Waals surface area contributed by atoms with Gasteiger partial charge in [-0.05, 0) is 16.7 Å². The fraction of sp³-hybridized carbons (Fsp3) is 0. The van der Waals surface area contributed by atoms with Crippen LogP contribution in [0, 0.1) is 0 Å². The van der Waals surface area contributed by atoms with Gasteiger partial charge in [-0.15, -0.1) is 0 Å². The van der Waals surface area contributed by atoms with Gasteiger partial charge in [0.25, 0.3) is 0 Å². The molecule has 0 amide bonds. The van der Waals surface area contributed by atoms with Crippen LogP contribution in [0.25, 0.3) is 22.3 Å². The van der Waals surface area contributed by atoms with Crippen LogP contribution in [0.3, 0.4) is 0 Å². The standard InChI is InChI=1S/C15H11NO/c1-2-4-12(5-3-1)13-6-8-14(9-7-13)15-10-16-17-11-15/h1-11H. The topological polar surface area (TPSA) is 26.0 Å². The fourth-order valence-electron chi connectivity index (χ4n) is 1.83. The summed E-state index contributed by atoms with van der Waals surface area (Å²) in [5.41, 5.74) is 4.56. The maximum Gasteiger partial charge on any atom is 0.131 e. The molecule has 0 radical (unpaired) electrons. The molecule has 0 saturated carbocycles. The Morgan fingerprint density at radius 2 is 1.24 bits per heavy atom. The van der Waals surface area contributed by atoms with Crippen LogP contribution in [0.2, 0.25) is 0 Å². The van der Waals surface area contributed by atoms with E-state index in [1.165, 1.54) is 11.1 Å². The molecule has 17 heavy (non-hydrogen) atoms. The summed E-state index contributed by atoms with van der Waals surface area (Å²) in [5, 5.41) is 3.70. The molecule has 0 unspecified atom stereocenters. The Kier molecular flexibility index (Phi) is 2.47. The molecule has 0 bridgehead atoms. The van der Waals surface area contributed by atoms with E-state index in [4.69, 9.17) is 4.52 Å². The lowest BCUT2D eigenvalue weighted by Gasteiger charge is -2.02. The predicted molar refractivity (Wildman–Crippen MR) is 67.4 cm³/mol. The van der Waals surface area contributed by atoms with Gasteiger partial charge in [-0.2, -0.15) is 0 Å². The third kappa shape index (κ3) is 1.97. The second-order valence-electron chi connectivity index (χ2n) is 3.86. The highest BCUT2D eigenvalue weighted by Crippen LogP contribution is 2.24. The van der Waals surface area contributed by atoms with E-state index in [0.717, 1.165) is 11.1 Å². The van der Waals surface area contributed by atoms with Crippen LogP contribution in [0.15, 0.2) is 71.6 Å². The quantitative estimate of drug-likeness (QED) is 0.653. The molecule has 0 aliphatic carbocycles. The molecule has 1 heterocycles. The largest absolute Gasteiger partial charge is 0.364 e. The highest BCUT2D eigenvalue weighted by molar-refractivity contribution is 5.69. The molecule has 2 nitrogen and oxygen atoms in total. The molecule has 1 aromatic heterocycles.